The minimum absolute atomic E-state index is 0.0506. The van der Waals surface area contributed by atoms with Gasteiger partial charge in [-0.1, -0.05) is 19.4 Å². The van der Waals surface area contributed by atoms with E-state index in [9.17, 15) is 9.90 Å². The smallest absolute Gasteiger partial charge is 0.261 e. The molecule has 3 aromatic rings. The summed E-state index contributed by atoms with van der Waals surface area (Å²) in [5.74, 6) is -0.308. The molecule has 1 aliphatic heterocycles. The van der Waals surface area contributed by atoms with Gasteiger partial charge in [-0.15, -0.1) is 0 Å². The summed E-state index contributed by atoms with van der Waals surface area (Å²) < 4.78 is 5.42. The highest BCUT2D eigenvalue weighted by Crippen LogP contribution is 2.29. The number of ether oxygens (including phenoxy) is 1. The number of carbonyl (C=O) groups excluding carboxylic acids is 1. The number of carbonyl (C=O) groups is 1. The van der Waals surface area contributed by atoms with Crippen LogP contribution in [-0.2, 0) is 11.2 Å². The van der Waals surface area contributed by atoms with Crippen LogP contribution in [0.4, 0.5) is 11.4 Å². The first-order chi connectivity index (χ1) is 14.1. The van der Waals surface area contributed by atoms with Gasteiger partial charge in [0.25, 0.3) is 5.91 Å². The Morgan fingerprint density at radius 1 is 1.28 bits per heavy atom. The molecule has 0 spiro atoms. The predicted molar refractivity (Wildman–Crippen MR) is 114 cm³/mol. The molecule has 7 heteroatoms. The number of aromatic hydroxyl groups is 1. The zero-order valence-electron chi connectivity index (χ0n) is 16.8. The van der Waals surface area contributed by atoms with Gasteiger partial charge >= 0.3 is 0 Å². The summed E-state index contributed by atoms with van der Waals surface area (Å²) in [4.78, 5) is 17.0. The largest absolute Gasteiger partial charge is 0.507 e. The number of anilines is 2. The van der Waals surface area contributed by atoms with E-state index >= 15 is 0 Å². The van der Waals surface area contributed by atoms with Crippen LogP contribution in [-0.4, -0.2) is 54.6 Å². The molecule has 7 nitrogen and oxygen atoms in total. The van der Waals surface area contributed by atoms with Gasteiger partial charge in [-0.3, -0.25) is 9.89 Å². The number of rotatable bonds is 5. The molecule has 1 aromatic heterocycles. The van der Waals surface area contributed by atoms with Crippen LogP contribution in [0.5, 0.6) is 5.75 Å². The number of morpholine rings is 1. The van der Waals surface area contributed by atoms with Crippen LogP contribution in [0.1, 0.15) is 29.4 Å². The summed E-state index contributed by atoms with van der Waals surface area (Å²) in [5, 5.41) is 18.6. The van der Waals surface area contributed by atoms with Gasteiger partial charge in [-0.05, 0) is 30.7 Å². The fourth-order valence-electron chi connectivity index (χ4n) is 3.72. The van der Waals surface area contributed by atoms with E-state index in [1.807, 2.05) is 24.3 Å². The standard InChI is InChI=1S/C22H26N4O3/c1-3-5-19-17-13-18(21(27)14-20(17)24-23-19)22(28)25(2)15-6-4-7-16(12-15)26-8-10-29-11-9-26/h4,6-7,12-14,27H,3,5,8-11H2,1-2H3,(H,23,24). The molecule has 1 aliphatic rings. The van der Waals surface area contributed by atoms with Crippen molar-refractivity contribution in [3.8, 4) is 5.75 Å². The molecule has 0 radical (unpaired) electrons. The maximum Gasteiger partial charge on any atom is 0.261 e. The number of aromatic nitrogens is 2. The molecule has 29 heavy (non-hydrogen) atoms. The Balaban J connectivity index is 1.64. The summed E-state index contributed by atoms with van der Waals surface area (Å²) in [6, 6.07) is 11.2. The molecule has 1 amide bonds. The maximum absolute atomic E-state index is 13.2. The van der Waals surface area contributed by atoms with E-state index in [-0.39, 0.29) is 17.2 Å². The zero-order valence-corrected chi connectivity index (χ0v) is 16.8. The molecule has 152 valence electrons. The van der Waals surface area contributed by atoms with Crippen molar-refractivity contribution in [3.63, 3.8) is 0 Å². The molecule has 0 atom stereocenters. The third-order valence-corrected chi connectivity index (χ3v) is 5.37. The molecule has 2 heterocycles. The van der Waals surface area contributed by atoms with Gasteiger partial charge in [0.15, 0.2) is 0 Å². The van der Waals surface area contributed by atoms with Crippen molar-refractivity contribution in [1.29, 1.82) is 0 Å². The molecule has 0 unspecified atom stereocenters. The van der Waals surface area contributed by atoms with Crippen molar-refractivity contribution in [2.75, 3.05) is 43.2 Å². The molecular weight excluding hydrogens is 368 g/mol. The Kier molecular flexibility index (Phi) is 5.40. The number of nitrogens with one attached hydrogen (secondary N) is 1. The van der Waals surface area contributed by atoms with Crippen LogP contribution in [0.25, 0.3) is 10.9 Å². The normalized spacial score (nSPS) is 14.3. The second-order valence-corrected chi connectivity index (χ2v) is 7.32. The first-order valence-electron chi connectivity index (χ1n) is 9.99. The lowest BCUT2D eigenvalue weighted by Gasteiger charge is -2.29. The van der Waals surface area contributed by atoms with Crippen molar-refractivity contribution in [3.05, 3.63) is 47.7 Å². The zero-order chi connectivity index (χ0) is 20.4. The van der Waals surface area contributed by atoms with E-state index in [1.54, 1.807) is 24.1 Å². The summed E-state index contributed by atoms with van der Waals surface area (Å²) in [7, 11) is 1.73. The first-order valence-corrected chi connectivity index (χ1v) is 9.99. The van der Waals surface area contributed by atoms with Crippen LogP contribution >= 0.6 is 0 Å². The lowest BCUT2D eigenvalue weighted by Crippen LogP contribution is -2.36. The minimum Gasteiger partial charge on any atom is -0.507 e. The highest BCUT2D eigenvalue weighted by Gasteiger charge is 2.21. The van der Waals surface area contributed by atoms with Gasteiger partial charge in [-0.25, -0.2) is 0 Å². The second kappa shape index (κ2) is 8.13. The molecule has 1 fully saturated rings. The average molecular weight is 394 g/mol. The fraction of sp³-hybridized carbons (Fsp3) is 0.364. The number of nitrogens with zero attached hydrogens (tertiary/aromatic N) is 3. The summed E-state index contributed by atoms with van der Waals surface area (Å²) in [6.45, 7) is 5.16. The summed E-state index contributed by atoms with van der Waals surface area (Å²) >= 11 is 0. The molecule has 0 aliphatic carbocycles. The number of H-pyrrole nitrogens is 1. The van der Waals surface area contributed by atoms with Crippen LogP contribution in [0.3, 0.4) is 0 Å². The highest BCUT2D eigenvalue weighted by molar-refractivity contribution is 6.09. The number of aryl methyl sites for hydroxylation is 1. The Hall–Kier alpha value is -3.06. The molecular formula is C22H26N4O3. The molecule has 0 bridgehead atoms. The van der Waals surface area contributed by atoms with E-state index < -0.39 is 0 Å². The van der Waals surface area contributed by atoms with Crippen molar-refractivity contribution in [1.82, 2.24) is 10.2 Å². The SMILES string of the molecule is CCCc1n[nH]c2cc(O)c(C(=O)N(C)c3cccc(N4CCOCC4)c3)cc12. The van der Waals surface area contributed by atoms with Gasteiger partial charge in [0, 0.05) is 43.0 Å². The number of phenols is 1. The highest BCUT2D eigenvalue weighted by atomic mass is 16.5. The van der Waals surface area contributed by atoms with Crippen molar-refractivity contribution < 1.29 is 14.6 Å². The summed E-state index contributed by atoms with van der Waals surface area (Å²) in [6.07, 6.45) is 1.77. The number of amides is 1. The number of hydrogen-bond acceptors (Lipinski definition) is 5. The van der Waals surface area contributed by atoms with Crippen molar-refractivity contribution in [2.45, 2.75) is 19.8 Å². The van der Waals surface area contributed by atoms with Gasteiger partial charge < -0.3 is 19.6 Å². The monoisotopic (exact) mass is 394 g/mol. The number of benzene rings is 2. The van der Waals surface area contributed by atoms with Crippen molar-refractivity contribution >= 4 is 28.2 Å². The van der Waals surface area contributed by atoms with Crippen LogP contribution in [0.15, 0.2) is 36.4 Å². The predicted octanol–water partition coefficient (Wildman–Crippen LogP) is 3.33. The minimum atomic E-state index is -0.257. The first kappa shape index (κ1) is 19.3. The molecule has 0 saturated carbocycles. The van der Waals surface area contributed by atoms with Gasteiger partial charge in [0.2, 0.25) is 0 Å². The fourth-order valence-corrected chi connectivity index (χ4v) is 3.72. The van der Waals surface area contributed by atoms with E-state index in [0.717, 1.165) is 53.9 Å². The lowest BCUT2D eigenvalue weighted by atomic mass is 10.1. The average Bonchev–Trinajstić information content (AvgIpc) is 3.14. The molecule has 2 aromatic carbocycles. The Labute approximate surface area is 169 Å². The van der Waals surface area contributed by atoms with Gasteiger partial charge in [0.05, 0.1) is 30.0 Å². The second-order valence-electron chi connectivity index (χ2n) is 7.32. The van der Waals surface area contributed by atoms with E-state index in [0.29, 0.717) is 13.2 Å². The lowest BCUT2D eigenvalue weighted by molar-refractivity contribution is 0.0990. The van der Waals surface area contributed by atoms with Crippen LogP contribution in [0.2, 0.25) is 0 Å². The van der Waals surface area contributed by atoms with Gasteiger partial charge in [-0.2, -0.15) is 5.10 Å². The Bertz CT molecular complexity index is 1020. The van der Waals surface area contributed by atoms with Crippen molar-refractivity contribution in [2.24, 2.45) is 0 Å². The number of aromatic amines is 1. The molecule has 1 saturated heterocycles. The van der Waals surface area contributed by atoms with E-state index in [4.69, 9.17) is 4.74 Å². The van der Waals surface area contributed by atoms with Crippen LogP contribution < -0.4 is 9.80 Å². The van der Waals surface area contributed by atoms with Crippen LogP contribution in [0, 0.1) is 0 Å². The third-order valence-electron chi connectivity index (χ3n) is 5.37. The van der Waals surface area contributed by atoms with Gasteiger partial charge in [0.1, 0.15) is 5.75 Å². The Morgan fingerprint density at radius 2 is 2.07 bits per heavy atom. The number of hydrogen-bond donors (Lipinski definition) is 2. The molecule has 2 N–H and O–H groups in total. The summed E-state index contributed by atoms with van der Waals surface area (Å²) in [5.41, 5.74) is 3.76. The number of phenolic OH excluding ortho intramolecular Hbond substituents is 1. The third kappa shape index (κ3) is 3.78. The maximum atomic E-state index is 13.2. The van der Waals surface area contributed by atoms with E-state index in [1.165, 1.54) is 0 Å². The topological polar surface area (TPSA) is 81.7 Å². The quantitative estimate of drug-likeness (QED) is 0.694. The molecule has 4 rings (SSSR count). The van der Waals surface area contributed by atoms with E-state index in [2.05, 4.69) is 22.0 Å². The Morgan fingerprint density at radius 3 is 2.83 bits per heavy atom. The number of fused-ring (bicyclic) bond motifs is 1.